The van der Waals surface area contributed by atoms with Gasteiger partial charge >= 0.3 is 0 Å². The van der Waals surface area contributed by atoms with E-state index in [1.54, 1.807) is 7.11 Å². The lowest BCUT2D eigenvalue weighted by Gasteiger charge is -2.31. The number of para-hydroxylation sites is 1. The zero-order valence-electron chi connectivity index (χ0n) is 13.7. The van der Waals surface area contributed by atoms with Crippen LogP contribution in [0, 0.1) is 5.41 Å². The van der Waals surface area contributed by atoms with Gasteiger partial charge in [-0.05, 0) is 37.2 Å². The topological polar surface area (TPSA) is 44.5 Å². The first kappa shape index (κ1) is 16.3. The van der Waals surface area contributed by atoms with Gasteiger partial charge in [-0.1, -0.05) is 38.5 Å². The molecule has 0 aromatic heterocycles. The first-order valence-corrected chi connectivity index (χ1v) is 7.97. The van der Waals surface area contributed by atoms with E-state index in [-0.39, 0.29) is 5.54 Å². The Kier molecular flexibility index (Phi) is 5.28. The molecular formula is C18H29NO2. The van der Waals surface area contributed by atoms with E-state index < -0.39 is 0 Å². The van der Waals surface area contributed by atoms with Gasteiger partial charge in [0.1, 0.15) is 12.4 Å². The average molecular weight is 291 g/mol. The minimum Gasteiger partial charge on any atom is -0.491 e. The SMILES string of the molecule is COCCOc1ccccc1C1(N)CCCC(C)(C)CC1. The number of methoxy groups -OCH3 is 1. The molecule has 1 aliphatic rings. The molecule has 0 heterocycles. The van der Waals surface area contributed by atoms with Crippen LogP contribution in [0.2, 0.25) is 0 Å². The van der Waals surface area contributed by atoms with Gasteiger partial charge in [0.15, 0.2) is 0 Å². The van der Waals surface area contributed by atoms with E-state index in [9.17, 15) is 0 Å². The molecule has 1 atom stereocenters. The highest BCUT2D eigenvalue weighted by Crippen LogP contribution is 2.43. The Bertz CT molecular complexity index is 458. The number of ether oxygens (including phenoxy) is 2. The highest BCUT2D eigenvalue weighted by molar-refractivity contribution is 5.39. The minimum atomic E-state index is -0.266. The molecule has 21 heavy (non-hydrogen) atoms. The first-order chi connectivity index (χ1) is 9.97. The fourth-order valence-corrected chi connectivity index (χ4v) is 3.20. The predicted octanol–water partition coefficient (Wildman–Crippen LogP) is 3.86. The Morgan fingerprint density at radius 3 is 2.57 bits per heavy atom. The van der Waals surface area contributed by atoms with Crippen LogP contribution in [0.4, 0.5) is 0 Å². The molecular weight excluding hydrogens is 262 g/mol. The van der Waals surface area contributed by atoms with Gasteiger partial charge in [-0.3, -0.25) is 0 Å². The van der Waals surface area contributed by atoms with E-state index in [4.69, 9.17) is 15.2 Å². The van der Waals surface area contributed by atoms with Crippen molar-refractivity contribution in [1.29, 1.82) is 0 Å². The molecule has 0 aliphatic heterocycles. The van der Waals surface area contributed by atoms with E-state index in [1.807, 2.05) is 12.1 Å². The number of hydrogen-bond acceptors (Lipinski definition) is 3. The quantitative estimate of drug-likeness (QED) is 0.662. The summed E-state index contributed by atoms with van der Waals surface area (Å²) in [7, 11) is 1.69. The van der Waals surface area contributed by atoms with Crippen molar-refractivity contribution < 1.29 is 9.47 Å². The summed E-state index contributed by atoms with van der Waals surface area (Å²) in [6, 6.07) is 8.22. The lowest BCUT2D eigenvalue weighted by atomic mass is 9.81. The Labute approximate surface area is 128 Å². The van der Waals surface area contributed by atoms with Crippen LogP contribution in [-0.2, 0) is 10.3 Å². The molecule has 0 saturated heterocycles. The normalized spacial score (nSPS) is 25.3. The van der Waals surface area contributed by atoms with Crippen molar-refractivity contribution in [2.45, 2.75) is 51.5 Å². The third-order valence-corrected chi connectivity index (χ3v) is 4.69. The molecule has 3 heteroatoms. The number of rotatable bonds is 5. The van der Waals surface area contributed by atoms with E-state index in [2.05, 4.69) is 26.0 Å². The molecule has 1 fully saturated rings. The van der Waals surface area contributed by atoms with Crippen molar-refractivity contribution in [3.63, 3.8) is 0 Å². The Balaban J connectivity index is 2.19. The number of nitrogens with two attached hydrogens (primary N) is 1. The maximum absolute atomic E-state index is 6.80. The molecule has 118 valence electrons. The second-order valence-electron chi connectivity index (χ2n) is 7.01. The summed E-state index contributed by atoms with van der Waals surface area (Å²) in [4.78, 5) is 0. The summed E-state index contributed by atoms with van der Waals surface area (Å²) < 4.78 is 10.9. The summed E-state index contributed by atoms with van der Waals surface area (Å²) in [5.41, 5.74) is 8.08. The largest absolute Gasteiger partial charge is 0.491 e. The molecule has 0 amide bonds. The van der Waals surface area contributed by atoms with Gasteiger partial charge < -0.3 is 15.2 Å². The van der Waals surface area contributed by atoms with Crippen molar-refractivity contribution in [1.82, 2.24) is 0 Å². The van der Waals surface area contributed by atoms with Crippen LogP contribution in [0.5, 0.6) is 5.75 Å². The lowest BCUT2D eigenvalue weighted by molar-refractivity contribution is 0.144. The van der Waals surface area contributed by atoms with Crippen molar-refractivity contribution >= 4 is 0 Å². The summed E-state index contributed by atoms with van der Waals surface area (Å²) in [5, 5.41) is 0. The summed E-state index contributed by atoms with van der Waals surface area (Å²) >= 11 is 0. The van der Waals surface area contributed by atoms with Crippen LogP contribution in [-0.4, -0.2) is 20.3 Å². The van der Waals surface area contributed by atoms with Gasteiger partial charge in [-0.2, -0.15) is 0 Å². The smallest absolute Gasteiger partial charge is 0.124 e. The maximum Gasteiger partial charge on any atom is 0.124 e. The molecule has 0 bridgehead atoms. The number of hydrogen-bond donors (Lipinski definition) is 1. The van der Waals surface area contributed by atoms with E-state index in [0.29, 0.717) is 18.6 Å². The van der Waals surface area contributed by atoms with Gasteiger partial charge in [0, 0.05) is 18.2 Å². The van der Waals surface area contributed by atoms with Crippen LogP contribution >= 0.6 is 0 Å². The zero-order chi connectivity index (χ0) is 15.3. The van der Waals surface area contributed by atoms with Crippen LogP contribution in [0.25, 0.3) is 0 Å². The van der Waals surface area contributed by atoms with Crippen molar-refractivity contribution in [2.24, 2.45) is 11.1 Å². The van der Waals surface area contributed by atoms with Crippen molar-refractivity contribution in [2.75, 3.05) is 20.3 Å². The molecule has 1 unspecified atom stereocenters. The Morgan fingerprint density at radius 2 is 1.81 bits per heavy atom. The molecule has 1 aromatic rings. The van der Waals surface area contributed by atoms with Crippen molar-refractivity contribution in [3.05, 3.63) is 29.8 Å². The third kappa shape index (κ3) is 4.21. The monoisotopic (exact) mass is 291 g/mol. The van der Waals surface area contributed by atoms with Gasteiger partial charge in [-0.15, -0.1) is 0 Å². The molecule has 1 saturated carbocycles. The summed E-state index contributed by atoms with van der Waals surface area (Å²) in [5.74, 6) is 0.914. The molecule has 0 radical (unpaired) electrons. The van der Waals surface area contributed by atoms with Crippen molar-refractivity contribution in [3.8, 4) is 5.75 Å². The third-order valence-electron chi connectivity index (χ3n) is 4.69. The molecule has 1 aromatic carbocycles. The van der Waals surface area contributed by atoms with E-state index in [1.165, 1.54) is 12.8 Å². The molecule has 2 rings (SSSR count). The molecule has 1 aliphatic carbocycles. The van der Waals surface area contributed by atoms with Gasteiger partial charge in [0.25, 0.3) is 0 Å². The molecule has 0 spiro atoms. The van der Waals surface area contributed by atoms with Gasteiger partial charge in [-0.25, -0.2) is 0 Å². The van der Waals surface area contributed by atoms with Gasteiger partial charge in [0.2, 0.25) is 0 Å². The molecule has 3 nitrogen and oxygen atoms in total. The second kappa shape index (κ2) is 6.80. The fourth-order valence-electron chi connectivity index (χ4n) is 3.20. The minimum absolute atomic E-state index is 0.266. The maximum atomic E-state index is 6.80. The molecule has 2 N–H and O–H groups in total. The zero-order valence-corrected chi connectivity index (χ0v) is 13.7. The predicted molar refractivity (Wildman–Crippen MR) is 86.5 cm³/mol. The van der Waals surface area contributed by atoms with Gasteiger partial charge in [0.05, 0.1) is 6.61 Å². The standard InChI is InChI=1S/C18H29NO2/c1-17(2)9-6-10-18(19,12-11-17)15-7-4-5-8-16(15)21-14-13-20-3/h4-5,7-8H,6,9-14,19H2,1-3H3. The highest BCUT2D eigenvalue weighted by atomic mass is 16.5. The Hall–Kier alpha value is -1.06. The second-order valence-corrected chi connectivity index (χ2v) is 7.01. The van der Waals surface area contributed by atoms with E-state index >= 15 is 0 Å². The summed E-state index contributed by atoms with van der Waals surface area (Å²) in [6.45, 7) is 5.85. The van der Waals surface area contributed by atoms with Crippen LogP contribution in [0.15, 0.2) is 24.3 Å². The first-order valence-electron chi connectivity index (χ1n) is 7.97. The number of benzene rings is 1. The highest BCUT2D eigenvalue weighted by Gasteiger charge is 2.35. The van der Waals surface area contributed by atoms with Crippen LogP contribution in [0.1, 0.15) is 51.5 Å². The van der Waals surface area contributed by atoms with Crippen LogP contribution in [0.3, 0.4) is 0 Å². The lowest BCUT2D eigenvalue weighted by Crippen LogP contribution is -2.36. The summed E-state index contributed by atoms with van der Waals surface area (Å²) in [6.07, 6.45) is 5.64. The Morgan fingerprint density at radius 1 is 1.05 bits per heavy atom. The van der Waals surface area contributed by atoms with E-state index in [0.717, 1.165) is 30.6 Å². The van der Waals surface area contributed by atoms with Crippen LogP contribution < -0.4 is 10.5 Å². The average Bonchev–Trinajstić information content (AvgIpc) is 2.59. The fraction of sp³-hybridized carbons (Fsp3) is 0.667.